The molecule has 1 aromatic heterocycles. The van der Waals surface area contributed by atoms with Crippen molar-refractivity contribution < 1.29 is 14.3 Å². The van der Waals surface area contributed by atoms with Crippen LogP contribution in [-0.4, -0.2) is 29.9 Å². The van der Waals surface area contributed by atoms with Gasteiger partial charge in [-0.3, -0.25) is 9.59 Å². The summed E-state index contributed by atoms with van der Waals surface area (Å²) in [5.74, 6) is 0.198. The number of nitrogens with zero attached hydrogens (tertiary/aromatic N) is 2. The number of carbonyl (C=O) groups is 2. The van der Waals surface area contributed by atoms with E-state index < -0.39 is 0 Å². The number of hydrogen-bond acceptors (Lipinski definition) is 6. The molecule has 0 bridgehead atoms. The quantitative estimate of drug-likeness (QED) is 0.189. The lowest BCUT2D eigenvalue weighted by Crippen LogP contribution is -2.26. The number of hydrogen-bond donors (Lipinski definition) is 0. The van der Waals surface area contributed by atoms with Gasteiger partial charge < -0.3 is 9.64 Å². The highest BCUT2D eigenvalue weighted by Crippen LogP contribution is 2.37. The van der Waals surface area contributed by atoms with Gasteiger partial charge in [0.25, 0.3) is 0 Å². The second-order valence-electron chi connectivity index (χ2n) is 8.73. The monoisotopic (exact) mass is 532 g/mol. The zero-order chi connectivity index (χ0) is 25.5. The van der Waals surface area contributed by atoms with Crippen LogP contribution in [0.4, 0.5) is 5.13 Å². The van der Waals surface area contributed by atoms with Crippen LogP contribution in [0.2, 0.25) is 10.0 Å². The third-order valence-electron chi connectivity index (χ3n) is 5.34. The van der Waals surface area contributed by atoms with Crippen molar-refractivity contribution in [3.63, 3.8) is 0 Å². The zero-order valence-corrected chi connectivity index (χ0v) is 22.8. The van der Waals surface area contributed by atoms with Crippen molar-refractivity contribution in [1.82, 2.24) is 4.98 Å². The molecule has 5 nitrogen and oxygen atoms in total. The summed E-state index contributed by atoms with van der Waals surface area (Å²) in [5, 5.41) is 1.78. The highest BCUT2D eigenvalue weighted by molar-refractivity contribution is 7.16. The van der Waals surface area contributed by atoms with E-state index in [0.29, 0.717) is 41.2 Å². The van der Waals surface area contributed by atoms with Crippen molar-refractivity contribution in [1.29, 1.82) is 0 Å². The van der Waals surface area contributed by atoms with E-state index >= 15 is 0 Å². The molecular weight excluding hydrogens is 503 g/mol. The van der Waals surface area contributed by atoms with E-state index in [0.717, 1.165) is 33.3 Å². The first kappa shape index (κ1) is 27.2. The van der Waals surface area contributed by atoms with Gasteiger partial charge in [-0.15, -0.1) is 11.3 Å². The van der Waals surface area contributed by atoms with Gasteiger partial charge in [-0.05, 0) is 49.9 Å². The van der Waals surface area contributed by atoms with Crippen molar-refractivity contribution in [3.8, 4) is 11.3 Å². The van der Waals surface area contributed by atoms with Crippen LogP contribution in [0.3, 0.4) is 0 Å². The lowest BCUT2D eigenvalue weighted by Gasteiger charge is -2.22. The maximum Gasteiger partial charge on any atom is 0.307 e. The number of rotatable bonds is 11. The maximum absolute atomic E-state index is 12.1. The van der Waals surface area contributed by atoms with Gasteiger partial charge in [0, 0.05) is 29.1 Å². The van der Waals surface area contributed by atoms with Gasteiger partial charge in [-0.1, -0.05) is 61.3 Å². The molecule has 8 heteroatoms. The Morgan fingerprint density at radius 3 is 2.54 bits per heavy atom. The third-order valence-corrected chi connectivity index (χ3v) is 7.22. The number of esters is 1. The van der Waals surface area contributed by atoms with Gasteiger partial charge in [0.15, 0.2) is 10.9 Å². The summed E-state index contributed by atoms with van der Waals surface area (Å²) in [4.78, 5) is 32.3. The minimum Gasteiger partial charge on any atom is -0.466 e. The molecule has 0 N–H and O–H groups in total. The molecule has 1 heterocycles. The van der Waals surface area contributed by atoms with Crippen LogP contribution in [0.25, 0.3) is 11.3 Å². The van der Waals surface area contributed by atoms with Gasteiger partial charge in [-0.25, -0.2) is 4.98 Å². The Kier molecular flexibility index (Phi) is 9.72. The van der Waals surface area contributed by atoms with Gasteiger partial charge in [0.1, 0.15) is 0 Å². The van der Waals surface area contributed by atoms with Crippen LogP contribution in [0, 0.1) is 5.92 Å². The molecule has 0 spiro atoms. The smallest absolute Gasteiger partial charge is 0.307 e. The number of ketones is 1. The van der Waals surface area contributed by atoms with E-state index in [1.165, 1.54) is 0 Å². The Morgan fingerprint density at radius 2 is 1.89 bits per heavy atom. The third kappa shape index (κ3) is 7.53. The van der Waals surface area contributed by atoms with E-state index in [2.05, 4.69) is 18.7 Å². The lowest BCUT2D eigenvalue weighted by atomic mass is 10.0. The van der Waals surface area contributed by atoms with Crippen molar-refractivity contribution in [2.24, 2.45) is 5.92 Å². The number of halogens is 2. The van der Waals surface area contributed by atoms with E-state index in [-0.39, 0.29) is 18.2 Å². The molecule has 35 heavy (non-hydrogen) atoms. The molecule has 0 atom stereocenters. The SMILES string of the molecule is CCOC(=O)CCN(Cc1cccc(C(C)=O)c1)c1nc(-c2ccc(Cl)c(Cl)c2)c(CC(C)C)s1. The summed E-state index contributed by atoms with van der Waals surface area (Å²) in [7, 11) is 0. The Balaban J connectivity index is 2.01. The molecule has 0 fully saturated rings. The second-order valence-corrected chi connectivity index (χ2v) is 10.6. The van der Waals surface area contributed by atoms with Gasteiger partial charge >= 0.3 is 5.97 Å². The fourth-order valence-corrected chi connectivity index (χ4v) is 5.28. The number of ether oxygens (including phenoxy) is 1. The fourth-order valence-electron chi connectivity index (χ4n) is 3.66. The lowest BCUT2D eigenvalue weighted by molar-refractivity contribution is -0.142. The largest absolute Gasteiger partial charge is 0.466 e. The Morgan fingerprint density at radius 1 is 1.11 bits per heavy atom. The predicted octanol–water partition coefficient (Wildman–Crippen LogP) is 7.48. The van der Waals surface area contributed by atoms with Crippen LogP contribution in [0.15, 0.2) is 42.5 Å². The topological polar surface area (TPSA) is 59.5 Å². The summed E-state index contributed by atoms with van der Waals surface area (Å²) in [6.07, 6.45) is 1.10. The summed E-state index contributed by atoms with van der Waals surface area (Å²) in [6.45, 7) is 8.99. The van der Waals surface area contributed by atoms with Gasteiger partial charge in [0.2, 0.25) is 0 Å². The number of thiazole rings is 1. The molecule has 0 amide bonds. The normalized spacial score (nSPS) is 11.1. The number of aromatic nitrogens is 1. The second kappa shape index (κ2) is 12.5. The summed E-state index contributed by atoms with van der Waals surface area (Å²) in [5.41, 5.74) is 3.40. The molecular formula is C27H30Cl2N2O3S. The molecule has 3 aromatic rings. The predicted molar refractivity (Wildman–Crippen MR) is 145 cm³/mol. The summed E-state index contributed by atoms with van der Waals surface area (Å²) in [6, 6.07) is 13.1. The average Bonchev–Trinajstić information content (AvgIpc) is 3.21. The fraction of sp³-hybridized carbons (Fsp3) is 0.370. The van der Waals surface area contributed by atoms with Crippen LogP contribution in [0.1, 0.15) is 54.9 Å². The first-order valence-corrected chi connectivity index (χ1v) is 13.2. The molecule has 0 saturated heterocycles. The first-order valence-electron chi connectivity index (χ1n) is 11.6. The van der Waals surface area contributed by atoms with Crippen molar-refractivity contribution in [2.75, 3.05) is 18.1 Å². The molecule has 186 valence electrons. The summed E-state index contributed by atoms with van der Waals surface area (Å²) < 4.78 is 5.15. The van der Waals surface area contributed by atoms with Crippen LogP contribution >= 0.6 is 34.5 Å². The van der Waals surface area contributed by atoms with Crippen LogP contribution < -0.4 is 4.90 Å². The van der Waals surface area contributed by atoms with Crippen molar-refractivity contribution in [3.05, 3.63) is 68.5 Å². The molecule has 0 saturated carbocycles. The molecule has 0 unspecified atom stereocenters. The Labute approximate surface area is 221 Å². The highest BCUT2D eigenvalue weighted by atomic mass is 35.5. The molecule has 2 aromatic carbocycles. The van der Waals surface area contributed by atoms with E-state index in [1.807, 2.05) is 30.3 Å². The van der Waals surface area contributed by atoms with Crippen LogP contribution in [-0.2, 0) is 22.5 Å². The molecule has 3 rings (SSSR count). The Bertz CT molecular complexity index is 1190. The highest BCUT2D eigenvalue weighted by Gasteiger charge is 2.20. The minimum absolute atomic E-state index is 0.0142. The molecule has 0 aliphatic heterocycles. The summed E-state index contributed by atoms with van der Waals surface area (Å²) >= 11 is 14.1. The standard InChI is InChI=1S/C27H30Cl2N2O3S/c1-5-34-25(33)11-12-31(16-19-7-6-8-20(14-19)18(4)32)27-30-26(24(35-27)13-17(2)3)21-9-10-22(28)23(29)15-21/h6-10,14-15,17H,5,11-13,16H2,1-4H3. The van der Waals surface area contributed by atoms with E-state index in [1.54, 1.807) is 37.3 Å². The number of carbonyl (C=O) groups excluding carboxylic acids is 2. The van der Waals surface area contributed by atoms with E-state index in [9.17, 15) is 9.59 Å². The number of anilines is 1. The average molecular weight is 534 g/mol. The van der Waals surface area contributed by atoms with Gasteiger partial charge in [0.05, 0.1) is 28.8 Å². The number of Topliss-reactive ketones (excluding diaryl/α,β-unsaturated/α-hetero) is 1. The molecule has 0 radical (unpaired) electrons. The zero-order valence-electron chi connectivity index (χ0n) is 20.4. The molecule has 0 aliphatic carbocycles. The Hall–Kier alpha value is -2.41. The first-order chi connectivity index (χ1) is 16.7. The van der Waals surface area contributed by atoms with E-state index in [4.69, 9.17) is 32.9 Å². The number of benzene rings is 2. The van der Waals surface area contributed by atoms with Crippen molar-refractivity contribution in [2.45, 2.75) is 47.1 Å². The molecule has 0 aliphatic rings. The minimum atomic E-state index is -0.251. The van der Waals surface area contributed by atoms with Crippen molar-refractivity contribution >= 4 is 51.4 Å². The van der Waals surface area contributed by atoms with Crippen LogP contribution in [0.5, 0.6) is 0 Å². The maximum atomic E-state index is 12.1. The van der Waals surface area contributed by atoms with Gasteiger partial charge in [-0.2, -0.15) is 0 Å².